The number of methoxy groups -OCH3 is 1. The highest BCUT2D eigenvalue weighted by Crippen LogP contribution is 2.30. The number of anilines is 1. The van der Waals surface area contributed by atoms with Crippen molar-refractivity contribution in [3.63, 3.8) is 0 Å². The SMILES string of the molecule is CCCCN(C(=O)C(C)NC(=O)OC(C)(C)C)C(C(=O)Nc1ccc(OC)cc1)c1c(C)cccc1C. The van der Waals surface area contributed by atoms with Gasteiger partial charge in [0.15, 0.2) is 0 Å². The molecule has 2 aromatic carbocycles. The lowest BCUT2D eigenvalue weighted by Gasteiger charge is -2.35. The highest BCUT2D eigenvalue weighted by Gasteiger charge is 2.36. The van der Waals surface area contributed by atoms with Crippen LogP contribution in [0, 0.1) is 13.8 Å². The van der Waals surface area contributed by atoms with Crippen molar-refractivity contribution < 1.29 is 23.9 Å². The molecule has 2 rings (SSSR count). The van der Waals surface area contributed by atoms with Crippen LogP contribution in [0.5, 0.6) is 5.75 Å². The largest absolute Gasteiger partial charge is 0.497 e. The molecule has 0 saturated carbocycles. The number of carbonyl (C=O) groups is 3. The van der Waals surface area contributed by atoms with E-state index < -0.39 is 23.8 Å². The molecule has 0 radical (unpaired) electrons. The average Bonchev–Trinajstić information content (AvgIpc) is 2.81. The quantitative estimate of drug-likeness (QED) is 0.437. The van der Waals surface area contributed by atoms with E-state index in [0.29, 0.717) is 24.4 Å². The number of nitrogens with zero attached hydrogens (tertiary/aromatic N) is 1. The maximum Gasteiger partial charge on any atom is 0.408 e. The van der Waals surface area contributed by atoms with Crippen LogP contribution in [0.15, 0.2) is 42.5 Å². The van der Waals surface area contributed by atoms with Crippen LogP contribution < -0.4 is 15.4 Å². The molecule has 8 heteroatoms. The molecule has 2 atom stereocenters. The van der Waals surface area contributed by atoms with Gasteiger partial charge >= 0.3 is 6.09 Å². The predicted octanol–water partition coefficient (Wildman–Crippen LogP) is 5.53. The van der Waals surface area contributed by atoms with Gasteiger partial charge in [-0.1, -0.05) is 31.5 Å². The highest BCUT2D eigenvalue weighted by molar-refractivity contribution is 5.99. The standard InChI is InChI=1S/C29H41N3O5/c1-9-10-18-32(27(34)21(4)30-28(35)37-29(5,6)7)25(24-19(2)12-11-13-20(24)3)26(33)31-22-14-16-23(36-8)17-15-22/h11-17,21,25H,9-10,18H2,1-8H3,(H,30,35)(H,31,33). The molecular formula is C29H41N3O5. The fourth-order valence-electron chi connectivity index (χ4n) is 4.06. The number of carbonyl (C=O) groups excluding carboxylic acids is 3. The van der Waals surface area contributed by atoms with E-state index in [0.717, 1.165) is 23.1 Å². The Morgan fingerprint density at radius 2 is 1.59 bits per heavy atom. The Bertz CT molecular complexity index is 1060. The summed E-state index contributed by atoms with van der Waals surface area (Å²) in [7, 11) is 1.58. The van der Waals surface area contributed by atoms with E-state index in [1.165, 1.54) is 0 Å². The van der Waals surface area contributed by atoms with Crippen molar-refractivity contribution in [2.45, 2.75) is 79.0 Å². The zero-order valence-electron chi connectivity index (χ0n) is 23.3. The number of aryl methyl sites for hydroxylation is 2. The van der Waals surface area contributed by atoms with Gasteiger partial charge in [-0.3, -0.25) is 9.59 Å². The van der Waals surface area contributed by atoms with Gasteiger partial charge in [0.25, 0.3) is 5.91 Å². The van der Waals surface area contributed by atoms with E-state index in [-0.39, 0.29) is 11.8 Å². The fraction of sp³-hybridized carbons (Fsp3) is 0.483. The first kappa shape index (κ1) is 29.7. The number of alkyl carbamates (subject to hydrolysis) is 1. The average molecular weight is 512 g/mol. The third kappa shape index (κ3) is 8.51. The summed E-state index contributed by atoms with van der Waals surface area (Å²) < 4.78 is 10.6. The molecule has 8 nitrogen and oxygen atoms in total. The summed E-state index contributed by atoms with van der Waals surface area (Å²) in [5.41, 5.74) is 2.45. The summed E-state index contributed by atoms with van der Waals surface area (Å²) in [6, 6.07) is 11.0. The van der Waals surface area contributed by atoms with Crippen LogP contribution in [-0.4, -0.2) is 48.1 Å². The second kappa shape index (κ2) is 13.1. The summed E-state index contributed by atoms with van der Waals surface area (Å²) in [5, 5.41) is 5.60. The summed E-state index contributed by atoms with van der Waals surface area (Å²) in [4.78, 5) is 41.6. The van der Waals surface area contributed by atoms with Crippen molar-refractivity contribution in [1.29, 1.82) is 0 Å². The molecular weight excluding hydrogens is 470 g/mol. The lowest BCUT2D eigenvalue weighted by Crippen LogP contribution is -2.51. The minimum atomic E-state index is -0.898. The molecule has 0 aliphatic rings. The van der Waals surface area contributed by atoms with E-state index in [4.69, 9.17) is 9.47 Å². The molecule has 0 aromatic heterocycles. The third-order valence-corrected chi connectivity index (χ3v) is 5.87. The number of ether oxygens (including phenoxy) is 2. The van der Waals surface area contributed by atoms with Gasteiger partial charge in [0.2, 0.25) is 5.91 Å². The summed E-state index contributed by atoms with van der Waals surface area (Å²) >= 11 is 0. The Morgan fingerprint density at radius 1 is 1.00 bits per heavy atom. The van der Waals surface area contributed by atoms with Gasteiger partial charge in [0, 0.05) is 12.2 Å². The van der Waals surface area contributed by atoms with Crippen LogP contribution >= 0.6 is 0 Å². The molecule has 3 amide bonds. The summed E-state index contributed by atoms with van der Waals surface area (Å²) in [5.74, 6) is -0.0283. The van der Waals surface area contributed by atoms with Crippen LogP contribution in [0.3, 0.4) is 0 Å². The molecule has 0 aliphatic carbocycles. The zero-order chi connectivity index (χ0) is 27.8. The number of benzene rings is 2. The second-order valence-corrected chi connectivity index (χ2v) is 10.2. The van der Waals surface area contributed by atoms with Crippen molar-refractivity contribution in [2.24, 2.45) is 0 Å². The first-order valence-electron chi connectivity index (χ1n) is 12.7. The van der Waals surface area contributed by atoms with Crippen molar-refractivity contribution in [3.8, 4) is 5.75 Å². The molecule has 0 saturated heterocycles. The molecule has 0 heterocycles. The van der Waals surface area contributed by atoms with Gasteiger partial charge in [-0.2, -0.15) is 0 Å². The molecule has 2 N–H and O–H groups in total. The Kier molecular flexibility index (Phi) is 10.5. The van der Waals surface area contributed by atoms with Crippen molar-refractivity contribution >= 4 is 23.6 Å². The maximum absolute atomic E-state index is 13.9. The molecule has 37 heavy (non-hydrogen) atoms. The van der Waals surface area contributed by atoms with E-state index in [9.17, 15) is 14.4 Å². The number of hydrogen-bond acceptors (Lipinski definition) is 5. The molecule has 202 valence electrons. The predicted molar refractivity (Wildman–Crippen MR) is 146 cm³/mol. The Hall–Kier alpha value is -3.55. The van der Waals surface area contributed by atoms with E-state index in [2.05, 4.69) is 10.6 Å². The Morgan fingerprint density at radius 3 is 2.11 bits per heavy atom. The normalized spacial score (nSPS) is 12.8. The van der Waals surface area contributed by atoms with Crippen molar-refractivity contribution in [2.75, 3.05) is 19.0 Å². The Balaban J connectivity index is 2.47. The van der Waals surface area contributed by atoms with Crippen LogP contribution in [0.1, 0.15) is 70.2 Å². The van der Waals surface area contributed by atoms with Gasteiger partial charge in [-0.25, -0.2) is 4.79 Å². The first-order valence-corrected chi connectivity index (χ1v) is 12.7. The zero-order valence-corrected chi connectivity index (χ0v) is 23.3. The van der Waals surface area contributed by atoms with Crippen LogP contribution in [0.4, 0.5) is 10.5 Å². The molecule has 0 spiro atoms. The number of hydrogen-bond donors (Lipinski definition) is 2. The maximum atomic E-state index is 13.9. The number of rotatable bonds is 10. The minimum Gasteiger partial charge on any atom is -0.497 e. The number of nitrogens with one attached hydrogen (secondary N) is 2. The second-order valence-electron chi connectivity index (χ2n) is 10.2. The fourth-order valence-corrected chi connectivity index (χ4v) is 4.06. The van der Waals surface area contributed by atoms with Crippen molar-refractivity contribution in [1.82, 2.24) is 10.2 Å². The number of unbranched alkanes of at least 4 members (excludes halogenated alkanes) is 1. The lowest BCUT2D eigenvalue weighted by molar-refractivity contribution is -0.140. The number of amides is 3. The topological polar surface area (TPSA) is 97.0 Å². The first-order chi connectivity index (χ1) is 17.4. The highest BCUT2D eigenvalue weighted by atomic mass is 16.6. The lowest BCUT2D eigenvalue weighted by atomic mass is 9.93. The molecule has 2 unspecified atom stereocenters. The van der Waals surface area contributed by atoms with Gasteiger partial charge in [-0.05, 0) is 88.9 Å². The summed E-state index contributed by atoms with van der Waals surface area (Å²) in [6.07, 6.45) is 0.842. The molecule has 0 aliphatic heterocycles. The minimum absolute atomic E-state index is 0.337. The molecule has 2 aromatic rings. The summed E-state index contributed by atoms with van der Waals surface area (Å²) in [6.45, 7) is 13.1. The van der Waals surface area contributed by atoms with Gasteiger partial charge in [0.1, 0.15) is 23.4 Å². The third-order valence-electron chi connectivity index (χ3n) is 5.87. The van der Waals surface area contributed by atoms with E-state index >= 15 is 0 Å². The van der Waals surface area contributed by atoms with Gasteiger partial charge < -0.3 is 25.0 Å². The van der Waals surface area contributed by atoms with Crippen LogP contribution in [-0.2, 0) is 14.3 Å². The Labute approximate surface area is 220 Å². The molecule has 0 fully saturated rings. The van der Waals surface area contributed by atoms with Crippen LogP contribution in [0.2, 0.25) is 0 Å². The van der Waals surface area contributed by atoms with Gasteiger partial charge in [0.05, 0.1) is 7.11 Å². The van der Waals surface area contributed by atoms with Crippen molar-refractivity contribution in [3.05, 3.63) is 59.2 Å². The molecule has 0 bridgehead atoms. The van der Waals surface area contributed by atoms with Crippen LogP contribution in [0.25, 0.3) is 0 Å². The monoisotopic (exact) mass is 511 g/mol. The smallest absolute Gasteiger partial charge is 0.408 e. The van der Waals surface area contributed by atoms with E-state index in [1.54, 1.807) is 64.0 Å². The van der Waals surface area contributed by atoms with Gasteiger partial charge in [-0.15, -0.1) is 0 Å². The van der Waals surface area contributed by atoms with E-state index in [1.807, 2.05) is 39.0 Å².